The molecule has 0 saturated carbocycles. The van der Waals surface area contributed by atoms with E-state index in [9.17, 15) is 9.18 Å². The molecule has 1 aliphatic rings. The van der Waals surface area contributed by atoms with Crippen LogP contribution in [0.25, 0.3) is 23.0 Å². The van der Waals surface area contributed by atoms with Gasteiger partial charge in [-0.05, 0) is 49.2 Å². The summed E-state index contributed by atoms with van der Waals surface area (Å²) in [4.78, 5) is 15.6. The van der Waals surface area contributed by atoms with Gasteiger partial charge in [-0.15, -0.1) is 0 Å². The van der Waals surface area contributed by atoms with Gasteiger partial charge >= 0.3 is 0 Å². The lowest BCUT2D eigenvalue weighted by Gasteiger charge is -2.23. The normalized spacial score (nSPS) is 15.7. The van der Waals surface area contributed by atoms with Gasteiger partial charge < -0.3 is 0 Å². The molecular weight excluding hydrogens is 477 g/mol. The standard InChI is InChI=1S/C28H22FN3OS2/c1-18-13-14-21(15-24(18)29)26-22(17-31(30-26)23-11-7-4-8-12-23)16-25-27(33)32(28(34)35-25)19(2)20-9-5-3-6-10-20/h3-17,19H,1-2H3/b25-16-. The van der Waals surface area contributed by atoms with Gasteiger partial charge in [-0.1, -0.05) is 84.6 Å². The van der Waals surface area contributed by atoms with E-state index in [1.807, 2.05) is 79.9 Å². The largest absolute Gasteiger partial charge is 0.286 e. The molecule has 1 saturated heterocycles. The van der Waals surface area contributed by atoms with E-state index in [4.69, 9.17) is 17.3 Å². The zero-order valence-corrected chi connectivity index (χ0v) is 20.8. The molecule has 7 heteroatoms. The number of nitrogens with zero attached hydrogens (tertiary/aromatic N) is 3. The predicted octanol–water partition coefficient (Wildman–Crippen LogP) is 6.95. The number of halogens is 1. The first kappa shape index (κ1) is 23.2. The van der Waals surface area contributed by atoms with Crippen molar-refractivity contribution in [3.63, 3.8) is 0 Å². The second-order valence-corrected chi connectivity index (χ2v) is 9.99. The molecule has 0 aliphatic carbocycles. The second kappa shape index (κ2) is 9.60. The fraction of sp³-hybridized carbons (Fsp3) is 0.107. The Morgan fingerprint density at radius 1 is 1.03 bits per heavy atom. The second-order valence-electron chi connectivity index (χ2n) is 8.32. The number of carbonyl (C=O) groups is 1. The molecule has 1 amide bonds. The van der Waals surface area contributed by atoms with E-state index < -0.39 is 0 Å². The van der Waals surface area contributed by atoms with Crippen molar-refractivity contribution >= 4 is 40.3 Å². The van der Waals surface area contributed by atoms with Gasteiger partial charge in [0, 0.05) is 17.3 Å². The molecular formula is C28H22FN3OS2. The molecule has 0 bridgehead atoms. The molecule has 0 N–H and O–H groups in total. The summed E-state index contributed by atoms with van der Waals surface area (Å²) in [7, 11) is 0. The number of hydrogen-bond donors (Lipinski definition) is 0. The Labute approximate surface area is 213 Å². The van der Waals surface area contributed by atoms with Crippen molar-refractivity contribution in [1.29, 1.82) is 0 Å². The highest BCUT2D eigenvalue weighted by Gasteiger charge is 2.36. The van der Waals surface area contributed by atoms with Gasteiger partial charge in [-0.25, -0.2) is 9.07 Å². The maximum Gasteiger partial charge on any atom is 0.266 e. The molecule has 0 spiro atoms. The molecule has 35 heavy (non-hydrogen) atoms. The Balaban J connectivity index is 1.56. The number of hydrogen-bond acceptors (Lipinski definition) is 4. The number of benzene rings is 3. The van der Waals surface area contributed by atoms with Crippen LogP contribution in [0, 0.1) is 12.7 Å². The monoisotopic (exact) mass is 499 g/mol. The van der Waals surface area contributed by atoms with E-state index in [-0.39, 0.29) is 17.8 Å². The molecule has 1 aromatic heterocycles. The average molecular weight is 500 g/mol. The molecule has 174 valence electrons. The van der Waals surface area contributed by atoms with Crippen molar-refractivity contribution in [3.8, 4) is 16.9 Å². The quantitative estimate of drug-likeness (QED) is 0.220. The number of aromatic nitrogens is 2. The molecule has 4 nitrogen and oxygen atoms in total. The lowest BCUT2D eigenvalue weighted by atomic mass is 10.1. The third-order valence-electron chi connectivity index (χ3n) is 5.99. The number of rotatable bonds is 5. The lowest BCUT2D eigenvalue weighted by molar-refractivity contribution is -0.123. The average Bonchev–Trinajstić information content (AvgIpc) is 3.42. The van der Waals surface area contributed by atoms with Crippen molar-refractivity contribution < 1.29 is 9.18 Å². The zero-order valence-electron chi connectivity index (χ0n) is 19.2. The van der Waals surface area contributed by atoms with Crippen molar-refractivity contribution in [2.45, 2.75) is 19.9 Å². The fourth-order valence-electron chi connectivity index (χ4n) is 4.01. The van der Waals surface area contributed by atoms with Gasteiger partial charge in [-0.2, -0.15) is 5.10 Å². The lowest BCUT2D eigenvalue weighted by Crippen LogP contribution is -2.30. The van der Waals surface area contributed by atoms with Crippen LogP contribution in [0.15, 0.2) is 90.0 Å². The van der Waals surface area contributed by atoms with Crippen LogP contribution in [0.2, 0.25) is 0 Å². The maximum absolute atomic E-state index is 14.4. The molecule has 1 aliphatic heterocycles. The van der Waals surface area contributed by atoms with Crippen LogP contribution in [0.1, 0.15) is 29.7 Å². The molecule has 1 fully saturated rings. The summed E-state index contributed by atoms with van der Waals surface area (Å²) in [5, 5.41) is 4.75. The Hall–Kier alpha value is -3.55. The third-order valence-corrected chi connectivity index (χ3v) is 7.32. The number of thioether (sulfide) groups is 1. The highest BCUT2D eigenvalue weighted by atomic mass is 32.2. The van der Waals surface area contributed by atoms with Crippen LogP contribution >= 0.6 is 24.0 Å². The van der Waals surface area contributed by atoms with Crippen molar-refractivity contribution in [1.82, 2.24) is 14.7 Å². The van der Waals surface area contributed by atoms with E-state index in [1.54, 1.807) is 28.6 Å². The van der Waals surface area contributed by atoms with Crippen LogP contribution in [0.4, 0.5) is 4.39 Å². The van der Waals surface area contributed by atoms with Gasteiger partial charge in [0.15, 0.2) is 0 Å². The minimum absolute atomic E-state index is 0.148. The predicted molar refractivity (Wildman–Crippen MR) is 144 cm³/mol. The number of amides is 1. The molecule has 5 rings (SSSR count). The Morgan fingerprint density at radius 3 is 2.40 bits per heavy atom. The van der Waals surface area contributed by atoms with Gasteiger partial charge in [0.2, 0.25) is 0 Å². The molecule has 4 aromatic rings. The van der Waals surface area contributed by atoms with Crippen LogP contribution in [-0.4, -0.2) is 24.9 Å². The van der Waals surface area contributed by atoms with Crippen LogP contribution in [0.3, 0.4) is 0 Å². The first-order valence-electron chi connectivity index (χ1n) is 11.2. The van der Waals surface area contributed by atoms with Gasteiger partial charge in [0.25, 0.3) is 5.91 Å². The summed E-state index contributed by atoms with van der Waals surface area (Å²) in [6, 6.07) is 24.4. The topological polar surface area (TPSA) is 38.1 Å². The first-order valence-corrected chi connectivity index (χ1v) is 12.4. The van der Waals surface area contributed by atoms with Crippen LogP contribution in [0.5, 0.6) is 0 Å². The number of aryl methyl sites for hydroxylation is 1. The third kappa shape index (κ3) is 4.57. The van der Waals surface area contributed by atoms with Gasteiger partial charge in [-0.3, -0.25) is 9.69 Å². The summed E-state index contributed by atoms with van der Waals surface area (Å²) < 4.78 is 16.7. The van der Waals surface area contributed by atoms with Crippen LogP contribution in [-0.2, 0) is 4.79 Å². The van der Waals surface area contributed by atoms with Gasteiger partial charge in [0.05, 0.1) is 16.6 Å². The molecule has 2 heterocycles. The Bertz CT molecular complexity index is 1450. The minimum Gasteiger partial charge on any atom is -0.286 e. The van der Waals surface area contributed by atoms with E-state index in [0.717, 1.165) is 11.3 Å². The van der Waals surface area contributed by atoms with E-state index in [2.05, 4.69) is 0 Å². The zero-order chi connectivity index (χ0) is 24.5. The number of para-hydroxylation sites is 1. The van der Waals surface area contributed by atoms with Crippen molar-refractivity contribution in [2.24, 2.45) is 0 Å². The summed E-state index contributed by atoms with van der Waals surface area (Å²) in [6.45, 7) is 3.69. The summed E-state index contributed by atoms with van der Waals surface area (Å²) in [6.07, 6.45) is 3.66. The van der Waals surface area contributed by atoms with Crippen molar-refractivity contribution in [2.75, 3.05) is 0 Å². The van der Waals surface area contributed by atoms with E-state index >= 15 is 0 Å². The molecule has 3 aromatic carbocycles. The van der Waals surface area contributed by atoms with E-state index in [1.165, 1.54) is 17.8 Å². The molecule has 1 atom stereocenters. The van der Waals surface area contributed by atoms with Gasteiger partial charge in [0.1, 0.15) is 15.8 Å². The summed E-state index contributed by atoms with van der Waals surface area (Å²) >= 11 is 6.86. The SMILES string of the molecule is Cc1ccc(-c2nn(-c3ccccc3)cc2/C=C2\SC(=S)N(C(C)c3ccccc3)C2=O)cc1F. The highest BCUT2D eigenvalue weighted by Crippen LogP contribution is 2.39. The fourth-order valence-corrected chi connectivity index (χ4v) is 5.42. The summed E-state index contributed by atoms with van der Waals surface area (Å²) in [5.74, 6) is -0.449. The first-order chi connectivity index (χ1) is 16.9. The number of carbonyl (C=O) groups excluding carboxylic acids is 1. The maximum atomic E-state index is 14.4. The number of thiocarbonyl (C=S) groups is 1. The smallest absolute Gasteiger partial charge is 0.266 e. The molecule has 0 radical (unpaired) electrons. The highest BCUT2D eigenvalue weighted by molar-refractivity contribution is 8.26. The Kier molecular flexibility index (Phi) is 6.36. The van der Waals surface area contributed by atoms with Crippen molar-refractivity contribution in [3.05, 3.63) is 112 Å². The molecule has 1 unspecified atom stereocenters. The van der Waals surface area contributed by atoms with Crippen LogP contribution < -0.4 is 0 Å². The minimum atomic E-state index is -0.300. The van der Waals surface area contributed by atoms with E-state index in [0.29, 0.717) is 31.6 Å². The summed E-state index contributed by atoms with van der Waals surface area (Å²) in [5.41, 5.74) is 4.39. The Morgan fingerprint density at radius 2 is 1.71 bits per heavy atom.